The van der Waals surface area contributed by atoms with Gasteiger partial charge in [0.25, 0.3) is 0 Å². The van der Waals surface area contributed by atoms with E-state index in [9.17, 15) is 4.39 Å². The quantitative estimate of drug-likeness (QED) is 0.754. The second-order valence-corrected chi connectivity index (χ2v) is 5.19. The van der Waals surface area contributed by atoms with E-state index in [4.69, 9.17) is 4.74 Å². The molecule has 2 fully saturated rings. The van der Waals surface area contributed by atoms with Crippen molar-refractivity contribution in [3.05, 3.63) is 24.1 Å². The largest absolute Gasteiger partial charge is 0.378 e. The zero-order valence-corrected chi connectivity index (χ0v) is 10.5. The molecule has 1 atom stereocenters. The van der Waals surface area contributed by atoms with E-state index in [1.54, 1.807) is 6.07 Å². The van der Waals surface area contributed by atoms with Crippen LogP contribution in [0.15, 0.2) is 18.2 Å². The Morgan fingerprint density at radius 1 is 1.22 bits per heavy atom. The summed E-state index contributed by atoms with van der Waals surface area (Å²) < 4.78 is 18.8. The molecule has 0 saturated carbocycles. The molecule has 1 aromatic rings. The van der Waals surface area contributed by atoms with Crippen LogP contribution in [0, 0.1) is 11.9 Å². The van der Waals surface area contributed by atoms with Gasteiger partial charge >= 0.3 is 0 Å². The molecule has 1 unspecified atom stereocenters. The van der Waals surface area contributed by atoms with Crippen LogP contribution in [0.2, 0.25) is 0 Å². The summed E-state index contributed by atoms with van der Waals surface area (Å²) in [5.41, 5.74) is 0. The number of ether oxygens (including phenoxy) is 1. The number of aromatic nitrogens is 1. The summed E-state index contributed by atoms with van der Waals surface area (Å²) in [6, 6.07) is 5.00. The minimum absolute atomic E-state index is 0.395. The molecule has 3 rings (SSSR count). The first-order chi connectivity index (χ1) is 8.83. The standard InChI is InChI=1S/C14H19FN2O/c15-13-4-1-5-14(16-13)17-8-6-11(7-9-17)12-3-2-10-18-12/h1,4-5,11-12H,2-3,6-10H2. The molecular weight excluding hydrogens is 231 g/mol. The van der Waals surface area contributed by atoms with Gasteiger partial charge in [0.15, 0.2) is 0 Å². The van der Waals surface area contributed by atoms with Gasteiger partial charge < -0.3 is 9.64 Å². The molecule has 3 nitrogen and oxygen atoms in total. The molecule has 1 aromatic heterocycles. The fourth-order valence-corrected chi connectivity index (χ4v) is 3.05. The maximum atomic E-state index is 13.1. The molecule has 0 N–H and O–H groups in total. The highest BCUT2D eigenvalue weighted by atomic mass is 19.1. The average Bonchev–Trinajstić information content (AvgIpc) is 2.93. The highest BCUT2D eigenvalue weighted by molar-refractivity contribution is 5.38. The Hall–Kier alpha value is -1.16. The molecule has 2 saturated heterocycles. The average molecular weight is 250 g/mol. The van der Waals surface area contributed by atoms with Crippen LogP contribution in [-0.2, 0) is 4.74 Å². The number of hydrogen-bond acceptors (Lipinski definition) is 3. The normalized spacial score (nSPS) is 25.6. The van der Waals surface area contributed by atoms with Crippen molar-refractivity contribution in [2.45, 2.75) is 31.8 Å². The highest BCUT2D eigenvalue weighted by Crippen LogP contribution is 2.30. The molecule has 18 heavy (non-hydrogen) atoms. The lowest BCUT2D eigenvalue weighted by molar-refractivity contribution is 0.0531. The summed E-state index contributed by atoms with van der Waals surface area (Å²) in [7, 11) is 0. The Labute approximate surface area is 107 Å². The van der Waals surface area contributed by atoms with Crippen LogP contribution < -0.4 is 4.90 Å². The van der Waals surface area contributed by atoms with E-state index in [0.29, 0.717) is 12.0 Å². The summed E-state index contributed by atoms with van der Waals surface area (Å²) in [6.45, 7) is 2.85. The zero-order valence-electron chi connectivity index (χ0n) is 10.5. The van der Waals surface area contributed by atoms with Crippen LogP contribution in [0.5, 0.6) is 0 Å². The van der Waals surface area contributed by atoms with E-state index < -0.39 is 5.95 Å². The van der Waals surface area contributed by atoms with Crippen LogP contribution in [0.3, 0.4) is 0 Å². The van der Waals surface area contributed by atoms with E-state index >= 15 is 0 Å². The molecule has 0 bridgehead atoms. The van der Waals surface area contributed by atoms with Gasteiger partial charge in [0.05, 0.1) is 6.10 Å². The number of hydrogen-bond donors (Lipinski definition) is 0. The summed E-state index contributed by atoms with van der Waals surface area (Å²) in [4.78, 5) is 6.12. The molecule has 0 amide bonds. The summed E-state index contributed by atoms with van der Waals surface area (Å²) in [5.74, 6) is 1.05. The third-order valence-electron chi connectivity index (χ3n) is 4.05. The molecule has 0 radical (unpaired) electrons. The molecule has 0 spiro atoms. The lowest BCUT2D eigenvalue weighted by atomic mass is 9.90. The van der Waals surface area contributed by atoms with Crippen molar-refractivity contribution in [2.75, 3.05) is 24.6 Å². The number of pyridine rings is 1. The summed E-state index contributed by atoms with van der Waals surface area (Å²) in [6.07, 6.45) is 5.14. The Bertz CT molecular complexity index is 399. The molecule has 98 valence electrons. The maximum absolute atomic E-state index is 13.1. The van der Waals surface area contributed by atoms with Crippen LogP contribution in [0.25, 0.3) is 0 Å². The Kier molecular flexibility index (Phi) is 3.46. The van der Waals surface area contributed by atoms with Gasteiger partial charge in [0.2, 0.25) is 5.95 Å². The number of anilines is 1. The van der Waals surface area contributed by atoms with E-state index in [0.717, 1.165) is 38.4 Å². The Morgan fingerprint density at radius 2 is 2.06 bits per heavy atom. The van der Waals surface area contributed by atoms with Crippen molar-refractivity contribution in [1.29, 1.82) is 0 Å². The van der Waals surface area contributed by atoms with Crippen molar-refractivity contribution >= 4 is 5.82 Å². The topological polar surface area (TPSA) is 25.4 Å². The minimum atomic E-state index is -0.395. The Morgan fingerprint density at radius 3 is 2.72 bits per heavy atom. The Balaban J connectivity index is 1.59. The molecule has 3 heterocycles. The predicted molar refractivity (Wildman–Crippen MR) is 68.1 cm³/mol. The molecular formula is C14H19FN2O. The van der Waals surface area contributed by atoms with Gasteiger partial charge in [0, 0.05) is 19.7 Å². The number of piperidine rings is 1. The monoisotopic (exact) mass is 250 g/mol. The van der Waals surface area contributed by atoms with E-state index in [1.165, 1.54) is 18.9 Å². The van der Waals surface area contributed by atoms with Crippen molar-refractivity contribution < 1.29 is 9.13 Å². The highest BCUT2D eigenvalue weighted by Gasteiger charge is 2.29. The van der Waals surface area contributed by atoms with Crippen LogP contribution in [0.4, 0.5) is 10.2 Å². The first-order valence-electron chi connectivity index (χ1n) is 6.82. The third-order valence-corrected chi connectivity index (χ3v) is 4.05. The molecule has 0 aromatic carbocycles. The van der Waals surface area contributed by atoms with Crippen molar-refractivity contribution in [3.8, 4) is 0 Å². The summed E-state index contributed by atoms with van der Waals surface area (Å²) >= 11 is 0. The lowest BCUT2D eigenvalue weighted by Gasteiger charge is -2.35. The van der Waals surface area contributed by atoms with Gasteiger partial charge in [-0.25, -0.2) is 4.98 Å². The first kappa shape index (κ1) is 11.9. The lowest BCUT2D eigenvalue weighted by Crippen LogP contribution is -2.38. The van der Waals surface area contributed by atoms with E-state index in [1.807, 2.05) is 6.07 Å². The number of rotatable bonds is 2. The summed E-state index contributed by atoms with van der Waals surface area (Å²) in [5, 5.41) is 0. The van der Waals surface area contributed by atoms with Crippen LogP contribution in [-0.4, -0.2) is 30.8 Å². The molecule has 2 aliphatic heterocycles. The maximum Gasteiger partial charge on any atom is 0.214 e. The SMILES string of the molecule is Fc1cccc(N2CCC(C3CCCO3)CC2)n1. The van der Waals surface area contributed by atoms with Crippen molar-refractivity contribution in [1.82, 2.24) is 4.98 Å². The molecule has 4 heteroatoms. The second-order valence-electron chi connectivity index (χ2n) is 5.19. The van der Waals surface area contributed by atoms with Crippen LogP contribution >= 0.6 is 0 Å². The van der Waals surface area contributed by atoms with Crippen LogP contribution in [0.1, 0.15) is 25.7 Å². The van der Waals surface area contributed by atoms with Gasteiger partial charge in [-0.2, -0.15) is 4.39 Å². The minimum Gasteiger partial charge on any atom is -0.378 e. The van der Waals surface area contributed by atoms with Crippen molar-refractivity contribution in [2.24, 2.45) is 5.92 Å². The number of nitrogens with zero attached hydrogens (tertiary/aromatic N) is 2. The predicted octanol–water partition coefficient (Wildman–Crippen LogP) is 2.62. The smallest absolute Gasteiger partial charge is 0.214 e. The van der Waals surface area contributed by atoms with Gasteiger partial charge in [-0.15, -0.1) is 0 Å². The second kappa shape index (κ2) is 5.22. The zero-order chi connectivity index (χ0) is 12.4. The van der Waals surface area contributed by atoms with Gasteiger partial charge in [-0.1, -0.05) is 6.07 Å². The van der Waals surface area contributed by atoms with Gasteiger partial charge in [-0.05, 0) is 43.7 Å². The molecule has 0 aliphatic carbocycles. The van der Waals surface area contributed by atoms with E-state index in [-0.39, 0.29) is 0 Å². The van der Waals surface area contributed by atoms with E-state index in [2.05, 4.69) is 9.88 Å². The van der Waals surface area contributed by atoms with Gasteiger partial charge in [0.1, 0.15) is 5.82 Å². The molecule has 2 aliphatic rings. The van der Waals surface area contributed by atoms with Gasteiger partial charge in [-0.3, -0.25) is 0 Å². The van der Waals surface area contributed by atoms with Crippen molar-refractivity contribution in [3.63, 3.8) is 0 Å². The fourth-order valence-electron chi connectivity index (χ4n) is 3.05. The third kappa shape index (κ3) is 2.48. The fraction of sp³-hybridized carbons (Fsp3) is 0.643. The number of halogens is 1. The first-order valence-corrected chi connectivity index (χ1v) is 6.82.